The lowest BCUT2D eigenvalue weighted by Gasteiger charge is -2.09. The summed E-state index contributed by atoms with van der Waals surface area (Å²) in [5, 5.41) is 0. The van der Waals surface area contributed by atoms with Crippen molar-refractivity contribution in [1.29, 1.82) is 0 Å². The Morgan fingerprint density at radius 3 is 1.70 bits per heavy atom. The van der Waals surface area contributed by atoms with E-state index >= 15 is 0 Å². The lowest BCUT2D eigenvalue weighted by molar-refractivity contribution is -0.158. The quantitative estimate of drug-likeness (QED) is 0.491. The van der Waals surface area contributed by atoms with E-state index in [4.69, 9.17) is 0 Å². The molecule has 0 N–H and O–H groups in total. The molecule has 0 amide bonds. The summed E-state index contributed by atoms with van der Waals surface area (Å²) in [7, 11) is 0. The molecule has 1 rings (SSSR count). The standard InChI is InChI=1S/C4H3F5O/c5-1-2(6)10-3(7)4(1,8)9/h1-3H/t1-,2-,3-/m1/s1. The molecule has 6 heteroatoms. The number of halogens is 5. The van der Waals surface area contributed by atoms with Crippen molar-refractivity contribution in [3.63, 3.8) is 0 Å². The molecule has 1 fully saturated rings. The lowest BCUT2D eigenvalue weighted by atomic mass is 10.2. The zero-order valence-electron chi connectivity index (χ0n) is 4.53. The molecule has 0 spiro atoms. The van der Waals surface area contributed by atoms with Gasteiger partial charge in [-0.1, -0.05) is 0 Å². The SMILES string of the molecule is F[C@@H]1O[C@@H](F)C(F)(F)[C@@H]1F. The second-order valence-electron chi connectivity index (χ2n) is 1.88. The lowest BCUT2D eigenvalue weighted by Crippen LogP contribution is -2.34. The molecule has 1 nitrogen and oxygen atoms in total. The molecule has 0 aliphatic carbocycles. The highest BCUT2D eigenvalue weighted by Gasteiger charge is 2.61. The number of rotatable bonds is 0. The van der Waals surface area contributed by atoms with Gasteiger partial charge >= 0.3 is 5.92 Å². The van der Waals surface area contributed by atoms with E-state index in [1.807, 2.05) is 0 Å². The van der Waals surface area contributed by atoms with Crippen molar-refractivity contribution in [3.8, 4) is 0 Å². The smallest absolute Gasteiger partial charge is 0.305 e. The minimum absolute atomic E-state index is 2.86. The largest absolute Gasteiger partial charge is 0.338 e. The second-order valence-corrected chi connectivity index (χ2v) is 1.88. The monoisotopic (exact) mass is 162 g/mol. The van der Waals surface area contributed by atoms with Gasteiger partial charge in [0.05, 0.1) is 0 Å². The first kappa shape index (κ1) is 7.71. The van der Waals surface area contributed by atoms with Crippen LogP contribution in [-0.4, -0.2) is 24.8 Å². The van der Waals surface area contributed by atoms with Crippen molar-refractivity contribution < 1.29 is 26.7 Å². The second kappa shape index (κ2) is 2.05. The van der Waals surface area contributed by atoms with Crippen LogP contribution in [0.3, 0.4) is 0 Å². The van der Waals surface area contributed by atoms with Gasteiger partial charge in [0, 0.05) is 0 Å². The fraction of sp³-hybridized carbons (Fsp3) is 1.00. The predicted molar refractivity (Wildman–Crippen MR) is 20.7 cm³/mol. The molecular weight excluding hydrogens is 159 g/mol. The topological polar surface area (TPSA) is 9.23 Å². The maximum atomic E-state index is 11.9. The van der Waals surface area contributed by atoms with E-state index in [-0.39, 0.29) is 0 Å². The van der Waals surface area contributed by atoms with Crippen LogP contribution in [0.2, 0.25) is 0 Å². The van der Waals surface area contributed by atoms with Crippen molar-refractivity contribution in [2.24, 2.45) is 0 Å². The van der Waals surface area contributed by atoms with Gasteiger partial charge in [0.15, 0.2) is 0 Å². The van der Waals surface area contributed by atoms with Gasteiger partial charge in [-0.3, -0.25) is 0 Å². The van der Waals surface area contributed by atoms with Crippen LogP contribution < -0.4 is 0 Å². The maximum Gasteiger partial charge on any atom is 0.338 e. The van der Waals surface area contributed by atoms with Gasteiger partial charge in [0.1, 0.15) is 0 Å². The average molecular weight is 162 g/mol. The highest BCUT2D eigenvalue weighted by atomic mass is 19.3. The van der Waals surface area contributed by atoms with Crippen LogP contribution in [0.15, 0.2) is 0 Å². The summed E-state index contributed by atoms with van der Waals surface area (Å²) >= 11 is 0. The first-order valence-electron chi connectivity index (χ1n) is 2.41. The first-order chi connectivity index (χ1) is 4.46. The molecule has 1 aliphatic heterocycles. The van der Waals surface area contributed by atoms with E-state index in [1.165, 1.54) is 0 Å². The summed E-state index contributed by atoms with van der Waals surface area (Å²) in [5.74, 6) is -4.35. The Morgan fingerprint density at radius 2 is 1.60 bits per heavy atom. The predicted octanol–water partition coefficient (Wildman–Crippen LogP) is 1.58. The van der Waals surface area contributed by atoms with Gasteiger partial charge in [-0.25, -0.2) is 13.2 Å². The van der Waals surface area contributed by atoms with Gasteiger partial charge in [0.25, 0.3) is 6.36 Å². The van der Waals surface area contributed by atoms with E-state index < -0.39 is 24.8 Å². The Balaban J connectivity index is 2.75. The van der Waals surface area contributed by atoms with Gasteiger partial charge in [-0.15, -0.1) is 0 Å². The Hall–Kier alpha value is -0.390. The van der Waals surface area contributed by atoms with Gasteiger partial charge in [0.2, 0.25) is 12.5 Å². The molecule has 3 atom stereocenters. The molecule has 0 radical (unpaired) electrons. The van der Waals surface area contributed by atoms with Crippen molar-refractivity contribution in [3.05, 3.63) is 0 Å². The molecule has 0 saturated carbocycles. The van der Waals surface area contributed by atoms with E-state index in [1.54, 1.807) is 0 Å². The summed E-state index contributed by atoms with van der Waals surface area (Å²) in [6.07, 6.45) is -9.22. The van der Waals surface area contributed by atoms with Crippen LogP contribution >= 0.6 is 0 Å². The number of alkyl halides is 5. The summed E-state index contributed by atoms with van der Waals surface area (Å²) in [4.78, 5) is 0. The zero-order chi connectivity index (χ0) is 7.94. The average Bonchev–Trinajstić information content (AvgIpc) is 1.97. The normalized spacial score (nSPS) is 45.9. The molecule has 1 heterocycles. The summed E-state index contributed by atoms with van der Waals surface area (Å²) in [5.41, 5.74) is 0. The van der Waals surface area contributed by atoms with Gasteiger partial charge in [-0.05, 0) is 0 Å². The summed E-state index contributed by atoms with van der Waals surface area (Å²) in [6, 6.07) is 0. The minimum atomic E-state index is -4.35. The van der Waals surface area contributed by atoms with Crippen LogP contribution in [0, 0.1) is 0 Å². The third-order valence-electron chi connectivity index (χ3n) is 1.15. The Labute approximate surface area is 52.8 Å². The Morgan fingerprint density at radius 1 is 1.10 bits per heavy atom. The van der Waals surface area contributed by atoms with Crippen LogP contribution in [0.4, 0.5) is 22.0 Å². The first-order valence-corrected chi connectivity index (χ1v) is 2.41. The maximum absolute atomic E-state index is 11.9. The number of hydrogen-bond acceptors (Lipinski definition) is 1. The Kier molecular flexibility index (Phi) is 1.58. The number of ether oxygens (including phenoxy) is 1. The van der Waals surface area contributed by atoms with Crippen molar-refractivity contribution in [2.75, 3.05) is 0 Å². The van der Waals surface area contributed by atoms with Crippen molar-refractivity contribution in [1.82, 2.24) is 0 Å². The molecule has 0 aromatic heterocycles. The van der Waals surface area contributed by atoms with Gasteiger partial charge in [-0.2, -0.15) is 8.78 Å². The zero-order valence-corrected chi connectivity index (χ0v) is 4.53. The molecule has 0 unspecified atom stereocenters. The molecule has 0 aromatic rings. The molecule has 1 aliphatic rings. The third kappa shape index (κ3) is 0.865. The van der Waals surface area contributed by atoms with Crippen LogP contribution in [0.5, 0.6) is 0 Å². The molecule has 60 valence electrons. The highest BCUT2D eigenvalue weighted by Crippen LogP contribution is 2.39. The summed E-state index contributed by atoms with van der Waals surface area (Å²) < 4.78 is 62.3. The van der Waals surface area contributed by atoms with E-state index in [0.29, 0.717) is 0 Å². The highest BCUT2D eigenvalue weighted by molar-refractivity contribution is 4.88. The molecule has 10 heavy (non-hydrogen) atoms. The molecule has 0 bridgehead atoms. The third-order valence-corrected chi connectivity index (χ3v) is 1.15. The molecule has 0 aromatic carbocycles. The van der Waals surface area contributed by atoms with E-state index in [9.17, 15) is 22.0 Å². The van der Waals surface area contributed by atoms with Crippen molar-refractivity contribution >= 4 is 0 Å². The van der Waals surface area contributed by atoms with E-state index in [2.05, 4.69) is 4.74 Å². The Bertz CT molecular complexity index is 138. The fourth-order valence-electron chi connectivity index (χ4n) is 0.574. The van der Waals surface area contributed by atoms with Crippen molar-refractivity contribution in [2.45, 2.75) is 24.8 Å². The van der Waals surface area contributed by atoms with Crippen LogP contribution in [0.25, 0.3) is 0 Å². The van der Waals surface area contributed by atoms with Crippen LogP contribution in [-0.2, 0) is 4.74 Å². The van der Waals surface area contributed by atoms with Gasteiger partial charge < -0.3 is 4.74 Å². The van der Waals surface area contributed by atoms with E-state index in [0.717, 1.165) is 0 Å². The molecule has 1 saturated heterocycles. The fourth-order valence-corrected chi connectivity index (χ4v) is 0.574. The van der Waals surface area contributed by atoms with Crippen LogP contribution in [0.1, 0.15) is 0 Å². The minimum Gasteiger partial charge on any atom is -0.305 e. The summed E-state index contributed by atoms with van der Waals surface area (Å²) in [6.45, 7) is 0. The molecular formula is C4H3F5O. The number of hydrogen-bond donors (Lipinski definition) is 0.